The summed E-state index contributed by atoms with van der Waals surface area (Å²) in [5.74, 6) is -0.148. The molecule has 1 fully saturated rings. The Morgan fingerprint density at radius 1 is 1.38 bits per heavy atom. The van der Waals surface area contributed by atoms with Crippen molar-refractivity contribution in [2.45, 2.75) is 45.1 Å². The van der Waals surface area contributed by atoms with Crippen LogP contribution in [0.25, 0.3) is 0 Å². The summed E-state index contributed by atoms with van der Waals surface area (Å²) >= 11 is 0. The van der Waals surface area contributed by atoms with Gasteiger partial charge in [0.2, 0.25) is 10.0 Å². The third-order valence-corrected chi connectivity index (χ3v) is 4.90. The maximum Gasteiger partial charge on any atom is 0.235 e. The number of rotatable bonds is 4. The zero-order valence-corrected chi connectivity index (χ0v) is 13.5. The molecule has 1 saturated heterocycles. The van der Waals surface area contributed by atoms with E-state index >= 15 is 0 Å². The molecule has 2 rings (SSSR count). The first-order valence-electron chi connectivity index (χ1n) is 7.13. The average Bonchev–Trinajstić information content (AvgIpc) is 2.82. The van der Waals surface area contributed by atoms with Crippen LogP contribution >= 0.6 is 0 Å². The Balaban J connectivity index is 2.17. The SMILES string of the molecule is CC(C)(C)c1ccc(O)c(NS(=O)(=O)CC2CCCO2)c1. The van der Waals surface area contributed by atoms with Crippen LogP contribution in [0.15, 0.2) is 18.2 Å². The number of hydrogen-bond acceptors (Lipinski definition) is 4. The van der Waals surface area contributed by atoms with Gasteiger partial charge in [-0.3, -0.25) is 4.72 Å². The fraction of sp³-hybridized carbons (Fsp3) is 0.600. The van der Waals surface area contributed by atoms with Crippen molar-refractivity contribution in [2.75, 3.05) is 17.1 Å². The molecule has 21 heavy (non-hydrogen) atoms. The quantitative estimate of drug-likeness (QED) is 0.838. The molecule has 1 atom stereocenters. The molecule has 2 N–H and O–H groups in total. The van der Waals surface area contributed by atoms with Crippen molar-refractivity contribution in [3.05, 3.63) is 23.8 Å². The second-order valence-electron chi connectivity index (χ2n) is 6.50. The topological polar surface area (TPSA) is 75.6 Å². The maximum absolute atomic E-state index is 12.2. The van der Waals surface area contributed by atoms with Gasteiger partial charge in [-0.2, -0.15) is 0 Å². The van der Waals surface area contributed by atoms with Gasteiger partial charge in [0.25, 0.3) is 0 Å². The van der Waals surface area contributed by atoms with Crippen molar-refractivity contribution >= 4 is 15.7 Å². The van der Waals surface area contributed by atoms with Crippen LogP contribution < -0.4 is 4.72 Å². The molecule has 1 aliphatic rings. The molecule has 118 valence electrons. The number of hydrogen-bond donors (Lipinski definition) is 2. The number of phenols is 1. The lowest BCUT2D eigenvalue weighted by Gasteiger charge is -2.21. The molecule has 1 aromatic rings. The van der Waals surface area contributed by atoms with Crippen molar-refractivity contribution in [1.29, 1.82) is 0 Å². The molecule has 0 amide bonds. The Morgan fingerprint density at radius 2 is 2.10 bits per heavy atom. The van der Waals surface area contributed by atoms with E-state index in [4.69, 9.17) is 4.74 Å². The molecule has 1 heterocycles. The number of aromatic hydroxyl groups is 1. The minimum absolute atomic E-state index is 0.0704. The second-order valence-corrected chi connectivity index (χ2v) is 8.27. The smallest absolute Gasteiger partial charge is 0.235 e. The van der Waals surface area contributed by atoms with Crippen molar-refractivity contribution in [2.24, 2.45) is 0 Å². The van der Waals surface area contributed by atoms with E-state index < -0.39 is 10.0 Å². The van der Waals surface area contributed by atoms with E-state index in [1.807, 2.05) is 20.8 Å². The average molecular weight is 313 g/mol. The number of sulfonamides is 1. The van der Waals surface area contributed by atoms with E-state index in [9.17, 15) is 13.5 Å². The molecule has 5 nitrogen and oxygen atoms in total. The monoisotopic (exact) mass is 313 g/mol. The van der Waals surface area contributed by atoms with Crippen LogP contribution in [-0.4, -0.2) is 32.0 Å². The molecule has 0 bridgehead atoms. The van der Waals surface area contributed by atoms with Crippen LogP contribution in [0.3, 0.4) is 0 Å². The second kappa shape index (κ2) is 5.85. The summed E-state index contributed by atoms with van der Waals surface area (Å²) in [5, 5.41) is 9.87. The predicted molar refractivity (Wildman–Crippen MR) is 83.2 cm³/mol. The van der Waals surface area contributed by atoms with E-state index in [1.54, 1.807) is 12.1 Å². The van der Waals surface area contributed by atoms with Crippen LogP contribution in [0, 0.1) is 0 Å². The summed E-state index contributed by atoms with van der Waals surface area (Å²) in [4.78, 5) is 0. The molecule has 0 aliphatic carbocycles. The van der Waals surface area contributed by atoms with Crippen molar-refractivity contribution in [3.63, 3.8) is 0 Å². The highest BCUT2D eigenvalue weighted by atomic mass is 32.2. The Kier molecular flexibility index (Phi) is 4.49. The van der Waals surface area contributed by atoms with Crippen LogP contribution in [0.5, 0.6) is 5.75 Å². The number of benzene rings is 1. The van der Waals surface area contributed by atoms with Crippen LogP contribution in [-0.2, 0) is 20.2 Å². The molecular weight excluding hydrogens is 290 g/mol. The predicted octanol–water partition coefficient (Wildman–Crippen LogP) is 2.61. The van der Waals surface area contributed by atoms with Gasteiger partial charge in [0.15, 0.2) is 0 Å². The third-order valence-electron chi connectivity index (χ3n) is 3.56. The van der Waals surface area contributed by atoms with Gasteiger partial charge in [0.05, 0.1) is 17.5 Å². The highest BCUT2D eigenvalue weighted by Crippen LogP contribution is 2.31. The summed E-state index contributed by atoms with van der Waals surface area (Å²) in [6.45, 7) is 6.71. The molecule has 0 spiro atoms. The summed E-state index contributed by atoms with van der Waals surface area (Å²) < 4.78 is 32.2. The molecule has 1 aromatic carbocycles. The number of anilines is 1. The van der Waals surface area contributed by atoms with Gasteiger partial charge in [-0.15, -0.1) is 0 Å². The van der Waals surface area contributed by atoms with Gasteiger partial charge < -0.3 is 9.84 Å². The van der Waals surface area contributed by atoms with E-state index in [1.165, 1.54) is 6.07 Å². The van der Waals surface area contributed by atoms with Gasteiger partial charge in [0.1, 0.15) is 5.75 Å². The lowest BCUT2D eigenvalue weighted by atomic mass is 9.87. The molecule has 6 heteroatoms. The van der Waals surface area contributed by atoms with Gasteiger partial charge in [-0.1, -0.05) is 26.8 Å². The first-order chi connectivity index (χ1) is 9.67. The lowest BCUT2D eigenvalue weighted by Crippen LogP contribution is -2.26. The summed E-state index contributed by atoms with van der Waals surface area (Å²) in [6, 6.07) is 5.00. The zero-order chi connectivity index (χ0) is 15.7. The summed E-state index contributed by atoms with van der Waals surface area (Å²) in [5.41, 5.74) is 1.05. The van der Waals surface area contributed by atoms with Crippen LogP contribution in [0.1, 0.15) is 39.2 Å². The normalized spacial score (nSPS) is 19.7. The number of phenolic OH excluding ortho intramolecular Hbond substituents is 1. The minimum Gasteiger partial charge on any atom is -0.506 e. The lowest BCUT2D eigenvalue weighted by molar-refractivity contribution is 0.127. The van der Waals surface area contributed by atoms with Gasteiger partial charge in [-0.05, 0) is 36.0 Å². The molecular formula is C15H23NO4S. The summed E-state index contributed by atoms with van der Waals surface area (Å²) in [6.07, 6.45) is 1.40. The zero-order valence-electron chi connectivity index (χ0n) is 12.7. The largest absolute Gasteiger partial charge is 0.506 e. The third kappa shape index (κ3) is 4.35. The molecule has 1 aliphatic heterocycles. The molecule has 1 unspecified atom stereocenters. The standard InChI is InChI=1S/C15H23NO4S/c1-15(2,3)11-6-7-14(17)13(9-11)16-21(18,19)10-12-5-4-8-20-12/h6-7,9,12,16-17H,4-5,8,10H2,1-3H3. The highest BCUT2D eigenvalue weighted by molar-refractivity contribution is 7.92. The summed E-state index contributed by atoms with van der Waals surface area (Å²) in [7, 11) is -3.54. The molecule has 0 saturated carbocycles. The van der Waals surface area contributed by atoms with Gasteiger partial charge in [0, 0.05) is 6.61 Å². The molecule has 0 radical (unpaired) electrons. The van der Waals surface area contributed by atoms with Crippen molar-refractivity contribution < 1.29 is 18.3 Å². The Bertz CT molecular complexity index is 599. The minimum atomic E-state index is -3.54. The first kappa shape index (κ1) is 16.1. The number of ether oxygens (including phenoxy) is 1. The van der Waals surface area contributed by atoms with Crippen molar-refractivity contribution in [1.82, 2.24) is 0 Å². The van der Waals surface area contributed by atoms with Crippen LogP contribution in [0.2, 0.25) is 0 Å². The maximum atomic E-state index is 12.2. The van der Waals surface area contributed by atoms with Crippen LogP contribution in [0.4, 0.5) is 5.69 Å². The highest BCUT2D eigenvalue weighted by Gasteiger charge is 2.24. The Morgan fingerprint density at radius 3 is 2.67 bits per heavy atom. The number of nitrogens with one attached hydrogen (secondary N) is 1. The van der Waals surface area contributed by atoms with E-state index in [2.05, 4.69) is 4.72 Å². The Labute approximate surface area is 126 Å². The fourth-order valence-electron chi connectivity index (χ4n) is 2.31. The van der Waals surface area contributed by atoms with E-state index in [-0.39, 0.29) is 28.7 Å². The van der Waals surface area contributed by atoms with E-state index in [0.717, 1.165) is 18.4 Å². The van der Waals surface area contributed by atoms with Gasteiger partial charge in [-0.25, -0.2) is 8.42 Å². The fourth-order valence-corrected chi connectivity index (χ4v) is 3.65. The molecule has 0 aromatic heterocycles. The Hall–Kier alpha value is -1.27. The van der Waals surface area contributed by atoms with E-state index in [0.29, 0.717) is 6.61 Å². The van der Waals surface area contributed by atoms with Crippen molar-refractivity contribution in [3.8, 4) is 5.75 Å². The first-order valence-corrected chi connectivity index (χ1v) is 8.78. The van der Waals surface area contributed by atoms with Gasteiger partial charge >= 0.3 is 0 Å².